The maximum absolute atomic E-state index is 12.7. The van der Waals surface area contributed by atoms with Gasteiger partial charge in [-0.05, 0) is 44.0 Å². The lowest BCUT2D eigenvalue weighted by Gasteiger charge is -2.12. The number of halogens is 1. The maximum atomic E-state index is 12.7. The number of hydrogen-bond donors (Lipinski definition) is 1. The fourth-order valence-electron chi connectivity index (χ4n) is 2.89. The molecule has 6 nitrogen and oxygen atoms in total. The Morgan fingerprint density at radius 3 is 2.46 bits per heavy atom. The van der Waals surface area contributed by atoms with E-state index in [9.17, 15) is 8.42 Å². The molecule has 0 spiro atoms. The Morgan fingerprint density at radius 1 is 1.12 bits per heavy atom. The fourth-order valence-corrected chi connectivity index (χ4v) is 4.71. The highest BCUT2D eigenvalue weighted by atomic mass is 79.9. The highest BCUT2D eigenvalue weighted by Gasteiger charge is 2.21. The van der Waals surface area contributed by atoms with Gasteiger partial charge in [0, 0.05) is 10.0 Å². The zero-order chi connectivity index (χ0) is 18.9. The highest BCUT2D eigenvalue weighted by Crippen LogP contribution is 2.23. The molecule has 0 radical (unpaired) electrons. The number of hydrogen-bond acceptors (Lipinski definition) is 5. The highest BCUT2D eigenvalue weighted by molar-refractivity contribution is 9.10. The van der Waals surface area contributed by atoms with Crippen LogP contribution in [0.4, 0.5) is 0 Å². The van der Waals surface area contributed by atoms with Gasteiger partial charge in [0.1, 0.15) is 0 Å². The van der Waals surface area contributed by atoms with E-state index in [1.54, 1.807) is 13.8 Å². The van der Waals surface area contributed by atoms with E-state index < -0.39 is 10.0 Å². The van der Waals surface area contributed by atoms with E-state index in [0.717, 1.165) is 15.6 Å². The van der Waals surface area contributed by atoms with Gasteiger partial charge in [0.15, 0.2) is 0 Å². The molecule has 3 rings (SSSR count). The van der Waals surface area contributed by atoms with Gasteiger partial charge in [-0.1, -0.05) is 50.9 Å². The first-order valence-electron chi connectivity index (χ1n) is 7.92. The molecule has 0 fully saturated rings. The van der Waals surface area contributed by atoms with E-state index in [1.807, 2.05) is 43.3 Å². The number of sulfonamides is 1. The third kappa shape index (κ3) is 4.03. The average Bonchev–Trinajstić information content (AvgIpc) is 3.01. The molecule has 0 bridgehead atoms. The van der Waals surface area contributed by atoms with Crippen LogP contribution < -0.4 is 4.72 Å². The number of benzene rings is 2. The summed E-state index contributed by atoms with van der Waals surface area (Å²) in [6.07, 6.45) is 0. The van der Waals surface area contributed by atoms with Gasteiger partial charge in [0.05, 0.1) is 11.4 Å². The van der Waals surface area contributed by atoms with E-state index >= 15 is 0 Å². The first kappa shape index (κ1) is 18.8. The molecule has 1 heterocycles. The second kappa shape index (κ2) is 7.30. The van der Waals surface area contributed by atoms with Gasteiger partial charge in [-0.2, -0.15) is 4.98 Å². The molecule has 2 aromatic carbocycles. The molecule has 8 heteroatoms. The third-order valence-electron chi connectivity index (χ3n) is 3.84. The summed E-state index contributed by atoms with van der Waals surface area (Å²) >= 11 is 3.39. The lowest BCUT2D eigenvalue weighted by molar-refractivity contribution is 0.376. The Morgan fingerprint density at radius 2 is 1.81 bits per heavy atom. The largest absolute Gasteiger partial charge is 0.338 e. The van der Waals surface area contributed by atoms with Crippen molar-refractivity contribution in [1.82, 2.24) is 14.9 Å². The predicted molar refractivity (Wildman–Crippen MR) is 102 cm³/mol. The molecule has 0 aliphatic carbocycles. The number of nitrogens with zero attached hydrogens (tertiary/aromatic N) is 2. The maximum Gasteiger partial charge on any atom is 0.242 e. The Kier molecular flexibility index (Phi) is 5.27. The molecule has 3 aromatic rings. The number of aromatic nitrogens is 2. The number of aryl methyl sites for hydroxylation is 3. The normalized spacial score (nSPS) is 11.7. The van der Waals surface area contributed by atoms with E-state index in [-0.39, 0.29) is 17.3 Å². The van der Waals surface area contributed by atoms with Crippen LogP contribution in [0.15, 0.2) is 50.3 Å². The van der Waals surface area contributed by atoms with E-state index in [1.165, 1.54) is 0 Å². The Balaban J connectivity index is 1.79. The summed E-state index contributed by atoms with van der Waals surface area (Å²) in [6.45, 7) is 5.43. The van der Waals surface area contributed by atoms with E-state index in [4.69, 9.17) is 4.52 Å². The zero-order valence-corrected chi connectivity index (χ0v) is 17.0. The summed E-state index contributed by atoms with van der Waals surface area (Å²) in [5.74, 6) is 0.606. The van der Waals surface area contributed by atoms with Crippen molar-refractivity contribution in [2.75, 3.05) is 0 Å². The zero-order valence-electron chi connectivity index (χ0n) is 14.6. The molecule has 0 unspecified atom stereocenters. The summed E-state index contributed by atoms with van der Waals surface area (Å²) in [6, 6.07) is 11.2. The average molecular weight is 436 g/mol. The minimum Gasteiger partial charge on any atom is -0.338 e. The van der Waals surface area contributed by atoms with Crippen LogP contribution >= 0.6 is 15.9 Å². The number of nitrogens with one attached hydrogen (secondary N) is 1. The monoisotopic (exact) mass is 435 g/mol. The SMILES string of the molecule is Cc1cc(C)c(S(=O)(=O)NCc2nc(-c3cccc(Br)c3)no2)c(C)c1. The van der Waals surface area contributed by atoms with Crippen LogP contribution in [-0.4, -0.2) is 18.6 Å². The van der Waals surface area contributed by atoms with Gasteiger partial charge in [-0.3, -0.25) is 0 Å². The van der Waals surface area contributed by atoms with Crippen LogP contribution in [0.1, 0.15) is 22.6 Å². The first-order chi connectivity index (χ1) is 12.3. The summed E-state index contributed by atoms with van der Waals surface area (Å²) in [7, 11) is -3.68. The van der Waals surface area contributed by atoms with Crippen LogP contribution in [0.5, 0.6) is 0 Å². The summed E-state index contributed by atoms with van der Waals surface area (Å²) in [5, 5.41) is 3.91. The van der Waals surface area contributed by atoms with Crippen molar-refractivity contribution in [2.45, 2.75) is 32.2 Å². The molecule has 0 aliphatic heterocycles. The smallest absolute Gasteiger partial charge is 0.242 e. The van der Waals surface area contributed by atoms with E-state index in [0.29, 0.717) is 17.0 Å². The Labute approximate surface area is 160 Å². The summed E-state index contributed by atoms with van der Waals surface area (Å²) < 4.78 is 33.9. The predicted octanol–water partition coefficient (Wildman–Crippen LogP) is 3.90. The number of rotatable bonds is 5. The van der Waals surface area contributed by atoms with Crippen molar-refractivity contribution < 1.29 is 12.9 Å². The van der Waals surface area contributed by atoms with Crippen molar-refractivity contribution in [3.05, 3.63) is 63.5 Å². The molecule has 26 heavy (non-hydrogen) atoms. The van der Waals surface area contributed by atoms with Crippen molar-refractivity contribution in [3.63, 3.8) is 0 Å². The van der Waals surface area contributed by atoms with Gasteiger partial charge in [0.2, 0.25) is 21.7 Å². The molecule has 0 saturated carbocycles. The van der Waals surface area contributed by atoms with Crippen molar-refractivity contribution >= 4 is 26.0 Å². The van der Waals surface area contributed by atoms with Crippen molar-refractivity contribution in [2.24, 2.45) is 0 Å². The minimum atomic E-state index is -3.68. The first-order valence-corrected chi connectivity index (χ1v) is 10.2. The topological polar surface area (TPSA) is 85.1 Å². The molecule has 1 aromatic heterocycles. The molecule has 0 atom stereocenters. The van der Waals surface area contributed by atoms with Gasteiger partial charge >= 0.3 is 0 Å². The van der Waals surface area contributed by atoms with Gasteiger partial charge in [0.25, 0.3) is 0 Å². The van der Waals surface area contributed by atoms with Crippen LogP contribution in [0.25, 0.3) is 11.4 Å². The van der Waals surface area contributed by atoms with Gasteiger partial charge < -0.3 is 4.52 Å². The van der Waals surface area contributed by atoms with Crippen LogP contribution in [-0.2, 0) is 16.6 Å². The van der Waals surface area contributed by atoms with Gasteiger partial charge in [-0.15, -0.1) is 0 Å². The molecule has 1 N–H and O–H groups in total. The third-order valence-corrected chi connectivity index (χ3v) is 6.04. The molecule has 136 valence electrons. The summed E-state index contributed by atoms with van der Waals surface area (Å²) in [4.78, 5) is 4.54. The summed E-state index contributed by atoms with van der Waals surface area (Å²) in [5.41, 5.74) is 3.21. The van der Waals surface area contributed by atoms with Crippen molar-refractivity contribution in [3.8, 4) is 11.4 Å². The lowest BCUT2D eigenvalue weighted by atomic mass is 10.1. The van der Waals surface area contributed by atoms with Crippen LogP contribution in [0, 0.1) is 20.8 Å². The fraction of sp³-hybridized carbons (Fsp3) is 0.222. The second-order valence-corrected chi connectivity index (χ2v) is 8.69. The minimum absolute atomic E-state index is 0.0733. The molecule has 0 saturated heterocycles. The standard InChI is InChI=1S/C18H18BrN3O3S/c1-11-7-12(2)17(13(3)8-11)26(23,24)20-10-16-21-18(22-25-16)14-5-4-6-15(19)9-14/h4-9,20H,10H2,1-3H3. The van der Waals surface area contributed by atoms with Crippen molar-refractivity contribution in [1.29, 1.82) is 0 Å². The van der Waals surface area contributed by atoms with Crippen LogP contribution in [0.2, 0.25) is 0 Å². The quantitative estimate of drug-likeness (QED) is 0.656. The van der Waals surface area contributed by atoms with Crippen LogP contribution in [0.3, 0.4) is 0 Å². The molecular formula is C18H18BrN3O3S. The molecular weight excluding hydrogens is 418 g/mol. The Hall–Kier alpha value is -2.03. The molecule has 0 aliphatic rings. The second-order valence-electron chi connectivity index (χ2n) is 6.07. The molecule has 0 amide bonds. The van der Waals surface area contributed by atoms with E-state index in [2.05, 4.69) is 30.8 Å². The Bertz CT molecular complexity index is 1040. The van der Waals surface area contributed by atoms with Gasteiger partial charge in [-0.25, -0.2) is 13.1 Å². The lowest BCUT2D eigenvalue weighted by Crippen LogP contribution is -2.25.